The molecule has 0 aliphatic heterocycles. The predicted molar refractivity (Wildman–Crippen MR) is 77.2 cm³/mol. The number of benzene rings is 1. The molecule has 6 nitrogen and oxygen atoms in total. The Morgan fingerprint density at radius 3 is 2.50 bits per heavy atom. The van der Waals surface area contributed by atoms with Gasteiger partial charge >= 0.3 is 0 Å². The van der Waals surface area contributed by atoms with Crippen LogP contribution in [0.1, 0.15) is 30.2 Å². The number of hydrogen-bond acceptors (Lipinski definition) is 4. The van der Waals surface area contributed by atoms with Crippen molar-refractivity contribution in [1.29, 1.82) is 0 Å². The summed E-state index contributed by atoms with van der Waals surface area (Å²) in [4.78, 5) is 16.4. The van der Waals surface area contributed by atoms with Crippen LogP contribution in [0, 0.1) is 13.8 Å². The first-order valence-electron chi connectivity index (χ1n) is 6.51. The first-order chi connectivity index (χ1) is 9.51. The molecule has 1 heterocycles. The smallest absolute Gasteiger partial charge is 0.249 e. The highest BCUT2D eigenvalue weighted by Crippen LogP contribution is 2.14. The van der Waals surface area contributed by atoms with Crippen molar-refractivity contribution in [3.05, 3.63) is 41.5 Å². The minimum absolute atomic E-state index is 0.126. The number of aromatic nitrogens is 3. The summed E-state index contributed by atoms with van der Waals surface area (Å²) < 4.78 is 1.62. The molecule has 20 heavy (non-hydrogen) atoms. The maximum atomic E-state index is 12.2. The van der Waals surface area contributed by atoms with Gasteiger partial charge in [0.15, 0.2) is 0 Å². The number of carbonyl (C=O) groups is 1. The largest absolute Gasteiger partial charge is 0.326 e. The van der Waals surface area contributed by atoms with E-state index >= 15 is 0 Å². The molecule has 0 bridgehead atoms. The summed E-state index contributed by atoms with van der Waals surface area (Å²) in [6.45, 7) is 5.92. The van der Waals surface area contributed by atoms with Gasteiger partial charge in [-0.1, -0.05) is 12.1 Å². The molecule has 106 valence electrons. The maximum absolute atomic E-state index is 12.2. The number of rotatable bonds is 4. The van der Waals surface area contributed by atoms with Crippen molar-refractivity contribution < 1.29 is 4.79 Å². The van der Waals surface area contributed by atoms with E-state index in [2.05, 4.69) is 15.4 Å². The Morgan fingerprint density at radius 1 is 1.35 bits per heavy atom. The Labute approximate surface area is 118 Å². The van der Waals surface area contributed by atoms with Crippen LogP contribution in [-0.4, -0.2) is 20.7 Å². The van der Waals surface area contributed by atoms with Crippen LogP contribution in [-0.2, 0) is 11.3 Å². The zero-order chi connectivity index (χ0) is 14.7. The number of nitrogens with zero attached hydrogens (tertiary/aromatic N) is 3. The van der Waals surface area contributed by atoms with E-state index < -0.39 is 6.04 Å². The third-order valence-corrected chi connectivity index (χ3v) is 3.11. The van der Waals surface area contributed by atoms with E-state index in [9.17, 15) is 4.79 Å². The lowest BCUT2D eigenvalue weighted by molar-refractivity contribution is -0.119. The molecule has 6 heteroatoms. The minimum atomic E-state index is -0.412. The number of nitrogens with two attached hydrogens (primary N) is 1. The zero-order valence-electron chi connectivity index (χ0n) is 11.9. The fraction of sp³-hybridized carbons (Fsp3) is 0.357. The number of hydrogen-bond donors (Lipinski definition) is 2. The van der Waals surface area contributed by atoms with Crippen LogP contribution in [0.2, 0.25) is 0 Å². The summed E-state index contributed by atoms with van der Waals surface area (Å²) in [5.41, 5.74) is 7.31. The van der Waals surface area contributed by atoms with Gasteiger partial charge in [0, 0.05) is 12.2 Å². The maximum Gasteiger partial charge on any atom is 0.249 e. The average molecular weight is 273 g/mol. The van der Waals surface area contributed by atoms with Crippen molar-refractivity contribution in [1.82, 2.24) is 14.8 Å². The molecular formula is C14H19N5O. The van der Waals surface area contributed by atoms with Gasteiger partial charge in [-0.15, -0.1) is 0 Å². The van der Waals surface area contributed by atoms with E-state index in [1.165, 1.54) is 0 Å². The molecule has 0 spiro atoms. The molecule has 2 rings (SSSR count). The summed E-state index contributed by atoms with van der Waals surface area (Å²) in [5, 5.41) is 7.09. The van der Waals surface area contributed by atoms with E-state index in [1.54, 1.807) is 18.5 Å². The molecule has 0 fully saturated rings. The summed E-state index contributed by atoms with van der Waals surface area (Å²) in [5.74, 6) is 1.26. The predicted octanol–water partition coefficient (Wildman–Crippen LogP) is 1.55. The molecule has 0 saturated heterocycles. The van der Waals surface area contributed by atoms with Crippen LogP contribution in [0.4, 0.5) is 5.69 Å². The van der Waals surface area contributed by atoms with Gasteiger partial charge in [0.1, 0.15) is 17.7 Å². The monoisotopic (exact) mass is 273 g/mol. The highest BCUT2D eigenvalue weighted by atomic mass is 16.2. The summed E-state index contributed by atoms with van der Waals surface area (Å²) in [6.07, 6.45) is 0. The second-order valence-corrected chi connectivity index (χ2v) is 4.72. The van der Waals surface area contributed by atoms with Gasteiger partial charge < -0.3 is 11.1 Å². The second-order valence-electron chi connectivity index (χ2n) is 4.72. The Kier molecular flexibility index (Phi) is 4.14. The van der Waals surface area contributed by atoms with Crippen LogP contribution in [0.5, 0.6) is 0 Å². The average Bonchev–Trinajstić information content (AvgIpc) is 2.77. The van der Waals surface area contributed by atoms with E-state index in [0.717, 1.165) is 17.1 Å². The second kappa shape index (κ2) is 5.83. The normalized spacial score (nSPS) is 12.2. The van der Waals surface area contributed by atoms with Crippen LogP contribution >= 0.6 is 0 Å². The molecule has 1 atom stereocenters. The molecule has 1 aromatic heterocycles. The molecule has 0 saturated carbocycles. The van der Waals surface area contributed by atoms with E-state index in [0.29, 0.717) is 12.4 Å². The van der Waals surface area contributed by atoms with Gasteiger partial charge in [0.2, 0.25) is 5.91 Å². The molecule has 0 radical (unpaired) electrons. The molecule has 1 unspecified atom stereocenters. The zero-order valence-corrected chi connectivity index (χ0v) is 11.9. The fourth-order valence-corrected chi connectivity index (χ4v) is 1.98. The van der Waals surface area contributed by atoms with Crippen LogP contribution in [0.15, 0.2) is 24.3 Å². The lowest BCUT2D eigenvalue weighted by Crippen LogP contribution is -2.25. The number of aryl methyl sites for hydroxylation is 2. The molecule has 0 aliphatic carbocycles. The lowest BCUT2D eigenvalue weighted by atomic mass is 10.2. The molecule has 1 aromatic carbocycles. The van der Waals surface area contributed by atoms with Gasteiger partial charge in [-0.05, 0) is 38.5 Å². The van der Waals surface area contributed by atoms with Gasteiger partial charge in [0.25, 0.3) is 0 Å². The van der Waals surface area contributed by atoms with E-state index in [4.69, 9.17) is 5.73 Å². The molecule has 2 aromatic rings. The summed E-state index contributed by atoms with van der Waals surface area (Å²) >= 11 is 0. The molecule has 0 aliphatic rings. The van der Waals surface area contributed by atoms with Gasteiger partial charge in [-0.25, -0.2) is 9.67 Å². The Hall–Kier alpha value is -2.21. The highest BCUT2D eigenvalue weighted by molar-refractivity contribution is 5.93. The van der Waals surface area contributed by atoms with Crippen LogP contribution in [0.25, 0.3) is 0 Å². The highest BCUT2D eigenvalue weighted by Gasteiger charge is 2.18. The minimum Gasteiger partial charge on any atom is -0.326 e. The van der Waals surface area contributed by atoms with Crippen LogP contribution < -0.4 is 11.1 Å². The van der Waals surface area contributed by atoms with Crippen molar-refractivity contribution in [3.63, 3.8) is 0 Å². The first-order valence-corrected chi connectivity index (χ1v) is 6.51. The van der Waals surface area contributed by atoms with Crippen molar-refractivity contribution in [2.45, 2.75) is 33.4 Å². The van der Waals surface area contributed by atoms with Gasteiger partial charge in [0.05, 0.1) is 0 Å². The molecular weight excluding hydrogens is 254 g/mol. The topological polar surface area (TPSA) is 85.8 Å². The Morgan fingerprint density at radius 2 is 2.00 bits per heavy atom. The van der Waals surface area contributed by atoms with Gasteiger partial charge in [-0.3, -0.25) is 4.79 Å². The lowest BCUT2D eigenvalue weighted by Gasteiger charge is -2.13. The number of amides is 1. The van der Waals surface area contributed by atoms with E-state index in [-0.39, 0.29) is 5.91 Å². The van der Waals surface area contributed by atoms with Crippen molar-refractivity contribution in [3.8, 4) is 0 Å². The summed E-state index contributed by atoms with van der Waals surface area (Å²) in [7, 11) is 0. The quantitative estimate of drug-likeness (QED) is 0.885. The molecule has 1 amide bonds. The van der Waals surface area contributed by atoms with Gasteiger partial charge in [-0.2, -0.15) is 5.10 Å². The van der Waals surface area contributed by atoms with Crippen molar-refractivity contribution >= 4 is 11.6 Å². The summed E-state index contributed by atoms with van der Waals surface area (Å²) in [6, 6.07) is 7.06. The van der Waals surface area contributed by atoms with Crippen LogP contribution in [0.3, 0.4) is 0 Å². The first kappa shape index (κ1) is 14.2. The van der Waals surface area contributed by atoms with Crippen molar-refractivity contribution in [2.24, 2.45) is 5.73 Å². The third-order valence-electron chi connectivity index (χ3n) is 3.11. The molecule has 3 N–H and O–H groups in total. The fourth-order valence-electron chi connectivity index (χ4n) is 1.98. The Bertz CT molecular complexity index is 603. The Balaban J connectivity index is 2.09. The number of nitrogens with one attached hydrogen (secondary N) is 1. The van der Waals surface area contributed by atoms with Crippen molar-refractivity contribution in [2.75, 3.05) is 5.32 Å². The van der Waals surface area contributed by atoms with E-state index in [1.807, 2.05) is 31.2 Å². The number of anilines is 1. The SMILES string of the molecule is Cc1nc(C)n(C(C)C(=O)Nc2ccc(CN)cc2)n1. The third kappa shape index (κ3) is 3.03. The standard InChI is InChI=1S/C14H19N5O/c1-9(19-11(3)16-10(2)18-19)14(20)17-13-6-4-12(8-15)5-7-13/h4-7,9H,8,15H2,1-3H3,(H,17,20). The number of carbonyl (C=O) groups excluding carboxylic acids is 1.